The lowest BCUT2D eigenvalue weighted by Crippen LogP contribution is -2.14. The molecule has 2 N–H and O–H groups in total. The van der Waals surface area contributed by atoms with Crippen LogP contribution in [-0.2, 0) is 22.9 Å². The third-order valence-electron chi connectivity index (χ3n) is 3.17. The highest BCUT2D eigenvalue weighted by Crippen LogP contribution is 2.20. The van der Waals surface area contributed by atoms with Crippen LogP contribution in [0.3, 0.4) is 0 Å². The number of rotatable bonds is 5. The summed E-state index contributed by atoms with van der Waals surface area (Å²) in [4.78, 5) is 0. The maximum Gasteiger partial charge on any atom is 0.151 e. The highest BCUT2D eigenvalue weighted by atomic mass is 32.2. The van der Waals surface area contributed by atoms with E-state index >= 15 is 0 Å². The van der Waals surface area contributed by atoms with Crippen LogP contribution in [0.4, 0.5) is 0 Å². The number of nitrogens with zero attached hydrogens (tertiary/aromatic N) is 1. The van der Waals surface area contributed by atoms with Gasteiger partial charge in [0.05, 0.1) is 11.3 Å². The standard InChI is InChI=1S/C13H18N2O2S/c1-2-18(16,17)9-8-15-7-6-11-4-3-5-12(10-14)13(11)15/h3-7H,2,8-10,14H2,1H3. The summed E-state index contributed by atoms with van der Waals surface area (Å²) in [6, 6.07) is 7.96. The first-order valence-corrected chi connectivity index (χ1v) is 7.87. The summed E-state index contributed by atoms with van der Waals surface area (Å²) < 4.78 is 25.1. The normalized spacial score (nSPS) is 12.1. The fourth-order valence-corrected chi connectivity index (χ4v) is 2.84. The van der Waals surface area contributed by atoms with Gasteiger partial charge in [0.2, 0.25) is 0 Å². The minimum Gasteiger partial charge on any atom is -0.346 e. The summed E-state index contributed by atoms with van der Waals surface area (Å²) in [5.74, 6) is 0.363. The molecule has 0 saturated heterocycles. The Morgan fingerprint density at radius 2 is 2.06 bits per heavy atom. The van der Waals surface area contributed by atoms with E-state index in [-0.39, 0.29) is 11.5 Å². The van der Waals surface area contributed by atoms with Gasteiger partial charge >= 0.3 is 0 Å². The van der Waals surface area contributed by atoms with Crippen molar-refractivity contribution in [2.24, 2.45) is 5.73 Å². The summed E-state index contributed by atoms with van der Waals surface area (Å²) in [7, 11) is -2.94. The fraction of sp³-hybridized carbons (Fsp3) is 0.385. The zero-order chi connectivity index (χ0) is 13.2. The molecule has 1 aromatic carbocycles. The van der Waals surface area contributed by atoms with Gasteiger partial charge in [-0.05, 0) is 17.0 Å². The van der Waals surface area contributed by atoms with E-state index in [1.807, 2.05) is 35.0 Å². The van der Waals surface area contributed by atoms with Crippen molar-refractivity contribution in [2.75, 3.05) is 11.5 Å². The SMILES string of the molecule is CCS(=O)(=O)CCn1ccc2cccc(CN)c21. The van der Waals surface area contributed by atoms with Gasteiger partial charge in [0.25, 0.3) is 0 Å². The Kier molecular flexibility index (Phi) is 3.73. The van der Waals surface area contributed by atoms with Gasteiger partial charge in [0, 0.05) is 25.0 Å². The molecule has 0 bridgehead atoms. The number of sulfone groups is 1. The highest BCUT2D eigenvalue weighted by molar-refractivity contribution is 7.91. The van der Waals surface area contributed by atoms with Crippen LogP contribution in [0.1, 0.15) is 12.5 Å². The molecule has 4 nitrogen and oxygen atoms in total. The molecule has 2 rings (SSSR count). The Hall–Kier alpha value is -1.33. The zero-order valence-electron chi connectivity index (χ0n) is 10.5. The lowest BCUT2D eigenvalue weighted by Gasteiger charge is -2.08. The van der Waals surface area contributed by atoms with Gasteiger partial charge in [-0.1, -0.05) is 25.1 Å². The van der Waals surface area contributed by atoms with Gasteiger partial charge in [0.15, 0.2) is 9.84 Å². The molecule has 0 fully saturated rings. The van der Waals surface area contributed by atoms with Crippen molar-refractivity contribution in [3.8, 4) is 0 Å². The maximum absolute atomic E-state index is 11.5. The first kappa shape index (κ1) is 13.1. The van der Waals surface area contributed by atoms with E-state index in [1.54, 1.807) is 6.92 Å². The second-order valence-corrected chi connectivity index (χ2v) is 6.78. The van der Waals surface area contributed by atoms with E-state index in [1.165, 1.54) is 0 Å². The monoisotopic (exact) mass is 266 g/mol. The quantitative estimate of drug-likeness (QED) is 0.892. The van der Waals surface area contributed by atoms with E-state index in [4.69, 9.17) is 5.73 Å². The zero-order valence-corrected chi connectivity index (χ0v) is 11.3. The topological polar surface area (TPSA) is 65.1 Å². The Balaban J connectivity index is 2.34. The minimum absolute atomic E-state index is 0.173. The summed E-state index contributed by atoms with van der Waals surface area (Å²) in [5, 5.41) is 1.10. The van der Waals surface area contributed by atoms with Gasteiger partial charge < -0.3 is 10.3 Å². The number of nitrogens with two attached hydrogens (primary N) is 1. The highest BCUT2D eigenvalue weighted by Gasteiger charge is 2.10. The van der Waals surface area contributed by atoms with Crippen LogP contribution < -0.4 is 5.73 Å². The molecule has 0 spiro atoms. The van der Waals surface area contributed by atoms with Crippen molar-refractivity contribution in [1.82, 2.24) is 4.57 Å². The molecule has 0 unspecified atom stereocenters. The van der Waals surface area contributed by atoms with E-state index < -0.39 is 9.84 Å². The van der Waals surface area contributed by atoms with E-state index in [0.717, 1.165) is 16.5 Å². The van der Waals surface area contributed by atoms with Crippen LogP contribution in [-0.4, -0.2) is 24.5 Å². The summed E-state index contributed by atoms with van der Waals surface area (Å²) in [6.45, 7) is 2.62. The molecule has 1 heterocycles. The number of para-hydroxylation sites is 1. The first-order valence-electron chi connectivity index (χ1n) is 6.04. The largest absolute Gasteiger partial charge is 0.346 e. The molecule has 0 aliphatic heterocycles. The predicted molar refractivity (Wildman–Crippen MR) is 74.2 cm³/mol. The number of benzene rings is 1. The summed E-state index contributed by atoms with van der Waals surface area (Å²) in [6.07, 6.45) is 1.93. The van der Waals surface area contributed by atoms with Gasteiger partial charge in [-0.15, -0.1) is 0 Å². The second kappa shape index (κ2) is 5.12. The Bertz CT molecular complexity index is 644. The van der Waals surface area contributed by atoms with Gasteiger partial charge in [-0.25, -0.2) is 8.42 Å². The van der Waals surface area contributed by atoms with E-state index in [9.17, 15) is 8.42 Å². The molecule has 5 heteroatoms. The summed E-state index contributed by atoms with van der Waals surface area (Å²) in [5.41, 5.74) is 7.82. The van der Waals surface area contributed by atoms with Crippen LogP contribution in [0, 0.1) is 0 Å². The van der Waals surface area contributed by atoms with Crippen LogP contribution in [0.5, 0.6) is 0 Å². The Morgan fingerprint density at radius 1 is 1.28 bits per heavy atom. The molecule has 0 amide bonds. The van der Waals surface area contributed by atoms with Crippen LogP contribution in [0.25, 0.3) is 10.9 Å². The molecule has 0 aliphatic rings. The first-order chi connectivity index (χ1) is 8.57. The lowest BCUT2D eigenvalue weighted by molar-refractivity contribution is 0.591. The average Bonchev–Trinajstić information content (AvgIpc) is 2.79. The molecule has 0 radical (unpaired) electrons. The van der Waals surface area contributed by atoms with Gasteiger partial charge in [-0.2, -0.15) is 0 Å². The predicted octanol–water partition coefficient (Wildman–Crippen LogP) is 1.53. The van der Waals surface area contributed by atoms with Crippen LogP contribution in [0.15, 0.2) is 30.5 Å². The maximum atomic E-state index is 11.5. The molecule has 0 aliphatic carbocycles. The molecule has 18 heavy (non-hydrogen) atoms. The molecular formula is C13H18N2O2S. The van der Waals surface area contributed by atoms with Gasteiger partial charge in [-0.3, -0.25) is 0 Å². The van der Waals surface area contributed by atoms with Crippen molar-refractivity contribution in [2.45, 2.75) is 20.0 Å². The van der Waals surface area contributed by atoms with E-state index in [0.29, 0.717) is 13.1 Å². The lowest BCUT2D eigenvalue weighted by atomic mass is 10.1. The smallest absolute Gasteiger partial charge is 0.151 e. The third kappa shape index (κ3) is 2.57. The van der Waals surface area contributed by atoms with Crippen molar-refractivity contribution >= 4 is 20.7 Å². The van der Waals surface area contributed by atoms with Crippen LogP contribution >= 0.6 is 0 Å². The van der Waals surface area contributed by atoms with Crippen molar-refractivity contribution in [3.05, 3.63) is 36.0 Å². The molecule has 98 valence electrons. The average molecular weight is 266 g/mol. The molecule has 0 saturated carbocycles. The van der Waals surface area contributed by atoms with Crippen molar-refractivity contribution in [1.29, 1.82) is 0 Å². The van der Waals surface area contributed by atoms with Crippen molar-refractivity contribution in [3.63, 3.8) is 0 Å². The van der Waals surface area contributed by atoms with E-state index in [2.05, 4.69) is 0 Å². The van der Waals surface area contributed by atoms with Crippen LogP contribution in [0.2, 0.25) is 0 Å². The second-order valence-electron chi connectivity index (χ2n) is 4.30. The molecule has 1 aromatic heterocycles. The number of aryl methyl sites for hydroxylation is 1. The Morgan fingerprint density at radius 3 is 2.72 bits per heavy atom. The number of hydrogen-bond acceptors (Lipinski definition) is 3. The third-order valence-corrected chi connectivity index (χ3v) is 4.86. The number of aromatic nitrogens is 1. The number of hydrogen-bond donors (Lipinski definition) is 1. The van der Waals surface area contributed by atoms with Gasteiger partial charge in [0.1, 0.15) is 0 Å². The van der Waals surface area contributed by atoms with Crippen molar-refractivity contribution < 1.29 is 8.42 Å². The fourth-order valence-electron chi connectivity index (χ4n) is 2.07. The summed E-state index contributed by atoms with van der Waals surface area (Å²) >= 11 is 0. The molecule has 2 aromatic rings. The molecular weight excluding hydrogens is 248 g/mol. The minimum atomic E-state index is -2.94. The Labute approximate surface area is 107 Å². The number of fused-ring (bicyclic) bond motifs is 1. The molecule has 0 atom stereocenters.